The van der Waals surface area contributed by atoms with Gasteiger partial charge in [0.25, 0.3) is 15.9 Å². The Labute approximate surface area is 171 Å². The van der Waals surface area contributed by atoms with E-state index in [1.807, 2.05) is 0 Å². The molecular weight excluding hydrogens is 413 g/mol. The van der Waals surface area contributed by atoms with Crippen molar-refractivity contribution in [3.05, 3.63) is 70.5 Å². The molecule has 2 N–H and O–H groups in total. The fourth-order valence-electron chi connectivity index (χ4n) is 3.13. The van der Waals surface area contributed by atoms with E-state index in [0.29, 0.717) is 10.7 Å². The first kappa shape index (κ1) is 19.5. The Morgan fingerprint density at radius 3 is 2.59 bits per heavy atom. The van der Waals surface area contributed by atoms with Crippen LogP contribution >= 0.6 is 11.3 Å². The first-order valence-electron chi connectivity index (χ1n) is 9.09. The molecule has 29 heavy (non-hydrogen) atoms. The minimum atomic E-state index is -3.89. The molecule has 1 aliphatic carbocycles. The fourth-order valence-corrected chi connectivity index (χ4v) is 5.22. The van der Waals surface area contributed by atoms with E-state index >= 15 is 0 Å². The second kappa shape index (κ2) is 7.92. The van der Waals surface area contributed by atoms with Crippen LogP contribution in [-0.4, -0.2) is 19.3 Å². The molecule has 0 saturated carbocycles. The maximum Gasteiger partial charge on any atom is 0.261 e. The molecule has 0 saturated heterocycles. The van der Waals surface area contributed by atoms with E-state index < -0.39 is 15.8 Å². The smallest absolute Gasteiger partial charge is 0.261 e. The number of anilines is 2. The normalized spacial score (nSPS) is 13.6. The lowest BCUT2D eigenvalue weighted by Gasteiger charge is -2.09. The predicted molar refractivity (Wildman–Crippen MR) is 110 cm³/mol. The molecule has 4 rings (SSSR count). The van der Waals surface area contributed by atoms with Gasteiger partial charge in [-0.3, -0.25) is 14.8 Å². The number of fused-ring (bicyclic) bond motifs is 1. The minimum Gasteiger partial charge on any atom is -0.298 e. The van der Waals surface area contributed by atoms with Gasteiger partial charge in [0, 0.05) is 16.1 Å². The molecule has 1 heterocycles. The number of sulfonamides is 1. The molecular formula is C20H18FN3O3S2. The lowest BCUT2D eigenvalue weighted by Crippen LogP contribution is -2.15. The van der Waals surface area contributed by atoms with Gasteiger partial charge in [-0.2, -0.15) is 0 Å². The summed E-state index contributed by atoms with van der Waals surface area (Å²) in [6.07, 6.45) is 4.17. The summed E-state index contributed by atoms with van der Waals surface area (Å²) in [5, 5.41) is 3.35. The third-order valence-electron chi connectivity index (χ3n) is 4.57. The molecule has 0 spiro atoms. The number of rotatable bonds is 5. The summed E-state index contributed by atoms with van der Waals surface area (Å²) in [5.74, 6) is -0.884. The summed E-state index contributed by atoms with van der Waals surface area (Å²) in [5.41, 5.74) is 1.59. The van der Waals surface area contributed by atoms with E-state index in [1.165, 1.54) is 34.4 Å². The highest BCUT2D eigenvalue weighted by Crippen LogP contribution is 2.30. The van der Waals surface area contributed by atoms with Gasteiger partial charge < -0.3 is 0 Å². The van der Waals surface area contributed by atoms with Crippen molar-refractivity contribution >= 4 is 38.1 Å². The number of halogens is 1. The molecule has 3 aromatic rings. The number of thiazole rings is 1. The number of aromatic nitrogens is 1. The van der Waals surface area contributed by atoms with Crippen molar-refractivity contribution in [3.63, 3.8) is 0 Å². The summed E-state index contributed by atoms with van der Waals surface area (Å²) < 4.78 is 40.4. The van der Waals surface area contributed by atoms with Crippen LogP contribution in [0.25, 0.3) is 0 Å². The van der Waals surface area contributed by atoms with Crippen molar-refractivity contribution in [3.8, 4) is 0 Å². The first-order chi connectivity index (χ1) is 13.9. The number of nitrogens with zero attached hydrogens (tertiary/aromatic N) is 1. The van der Waals surface area contributed by atoms with Gasteiger partial charge in [0.05, 0.1) is 10.6 Å². The van der Waals surface area contributed by atoms with Crippen LogP contribution in [0.3, 0.4) is 0 Å². The van der Waals surface area contributed by atoms with Crippen molar-refractivity contribution < 1.29 is 17.6 Å². The standard InChI is InChI=1S/C20H18FN3O3S2/c21-14-8-10-16(11-9-14)29(26,27)24-15-5-3-4-13(12-15)19(25)23-20-22-17-6-1-2-7-18(17)28-20/h3-5,8-12,24H,1-2,6-7H2,(H,22,23,25). The van der Waals surface area contributed by atoms with Crippen molar-refractivity contribution in [2.75, 3.05) is 10.0 Å². The highest BCUT2D eigenvalue weighted by Gasteiger charge is 2.18. The van der Waals surface area contributed by atoms with E-state index in [9.17, 15) is 17.6 Å². The van der Waals surface area contributed by atoms with Gasteiger partial charge in [0.15, 0.2) is 5.13 Å². The van der Waals surface area contributed by atoms with E-state index in [0.717, 1.165) is 43.5 Å². The SMILES string of the molecule is O=C(Nc1nc2c(s1)CCCC2)c1cccc(NS(=O)(=O)c2ccc(F)cc2)c1. The quantitative estimate of drug-likeness (QED) is 0.633. The van der Waals surface area contributed by atoms with Gasteiger partial charge in [-0.25, -0.2) is 17.8 Å². The van der Waals surface area contributed by atoms with Gasteiger partial charge in [-0.1, -0.05) is 6.07 Å². The predicted octanol–water partition coefficient (Wildman–Crippen LogP) is 4.21. The maximum absolute atomic E-state index is 13.0. The molecule has 1 aliphatic rings. The lowest BCUT2D eigenvalue weighted by atomic mass is 10.0. The number of carbonyl (C=O) groups is 1. The van der Waals surface area contributed by atoms with Crippen LogP contribution in [0.5, 0.6) is 0 Å². The van der Waals surface area contributed by atoms with Crippen LogP contribution in [-0.2, 0) is 22.9 Å². The number of benzene rings is 2. The highest BCUT2D eigenvalue weighted by molar-refractivity contribution is 7.92. The van der Waals surface area contributed by atoms with Gasteiger partial charge in [-0.15, -0.1) is 11.3 Å². The Hall–Kier alpha value is -2.78. The van der Waals surface area contributed by atoms with Crippen LogP contribution in [0.4, 0.5) is 15.2 Å². The largest absolute Gasteiger partial charge is 0.298 e. The summed E-state index contributed by atoms with van der Waals surface area (Å²) in [4.78, 5) is 18.2. The Bertz CT molecular complexity index is 1130. The first-order valence-corrected chi connectivity index (χ1v) is 11.4. The fraction of sp³-hybridized carbons (Fsp3) is 0.200. The van der Waals surface area contributed by atoms with Crippen LogP contribution in [0, 0.1) is 5.82 Å². The number of aryl methyl sites for hydroxylation is 2. The molecule has 6 nitrogen and oxygen atoms in total. The summed E-state index contributed by atoms with van der Waals surface area (Å²) in [6, 6.07) is 10.7. The van der Waals surface area contributed by atoms with Crippen LogP contribution < -0.4 is 10.0 Å². The average Bonchev–Trinajstić information content (AvgIpc) is 3.10. The zero-order chi connectivity index (χ0) is 20.4. The molecule has 0 atom stereocenters. The number of amides is 1. The molecule has 150 valence electrons. The molecule has 1 amide bonds. The zero-order valence-corrected chi connectivity index (χ0v) is 16.9. The van der Waals surface area contributed by atoms with E-state index in [-0.39, 0.29) is 16.5 Å². The van der Waals surface area contributed by atoms with E-state index in [4.69, 9.17) is 0 Å². The number of hydrogen-bond donors (Lipinski definition) is 2. The molecule has 0 fully saturated rings. The minimum absolute atomic E-state index is 0.0675. The molecule has 0 radical (unpaired) electrons. The van der Waals surface area contributed by atoms with Crippen LogP contribution in [0.2, 0.25) is 0 Å². The van der Waals surface area contributed by atoms with Crippen molar-refractivity contribution in [1.29, 1.82) is 0 Å². The molecule has 0 unspecified atom stereocenters. The second-order valence-electron chi connectivity index (χ2n) is 6.69. The van der Waals surface area contributed by atoms with Crippen molar-refractivity contribution in [2.24, 2.45) is 0 Å². The van der Waals surface area contributed by atoms with Crippen LogP contribution in [0.1, 0.15) is 33.8 Å². The number of nitrogens with one attached hydrogen (secondary N) is 2. The van der Waals surface area contributed by atoms with Gasteiger partial charge in [-0.05, 0) is 68.1 Å². The van der Waals surface area contributed by atoms with Gasteiger partial charge in [0.2, 0.25) is 0 Å². The second-order valence-corrected chi connectivity index (χ2v) is 9.46. The Balaban J connectivity index is 1.50. The lowest BCUT2D eigenvalue weighted by molar-refractivity contribution is 0.102. The Morgan fingerprint density at radius 2 is 1.83 bits per heavy atom. The topological polar surface area (TPSA) is 88.2 Å². The maximum atomic E-state index is 13.0. The van der Waals surface area contributed by atoms with Crippen molar-refractivity contribution in [1.82, 2.24) is 4.98 Å². The molecule has 9 heteroatoms. The van der Waals surface area contributed by atoms with Crippen LogP contribution in [0.15, 0.2) is 53.4 Å². The van der Waals surface area contributed by atoms with E-state index in [1.54, 1.807) is 18.2 Å². The third-order valence-corrected chi connectivity index (χ3v) is 7.04. The monoisotopic (exact) mass is 431 g/mol. The zero-order valence-electron chi connectivity index (χ0n) is 15.3. The third kappa shape index (κ3) is 4.46. The average molecular weight is 432 g/mol. The molecule has 0 bridgehead atoms. The molecule has 1 aromatic heterocycles. The number of carbonyl (C=O) groups excluding carboxylic acids is 1. The van der Waals surface area contributed by atoms with Crippen molar-refractivity contribution in [2.45, 2.75) is 30.6 Å². The molecule has 2 aromatic carbocycles. The number of hydrogen-bond acceptors (Lipinski definition) is 5. The highest BCUT2D eigenvalue weighted by atomic mass is 32.2. The summed E-state index contributed by atoms with van der Waals surface area (Å²) in [6.45, 7) is 0. The Morgan fingerprint density at radius 1 is 1.07 bits per heavy atom. The molecule has 0 aliphatic heterocycles. The van der Waals surface area contributed by atoms with Gasteiger partial charge in [0.1, 0.15) is 5.82 Å². The summed E-state index contributed by atoms with van der Waals surface area (Å²) in [7, 11) is -3.89. The van der Waals surface area contributed by atoms with Gasteiger partial charge >= 0.3 is 0 Å². The Kier molecular flexibility index (Phi) is 5.33. The van der Waals surface area contributed by atoms with E-state index in [2.05, 4.69) is 15.0 Å². The summed E-state index contributed by atoms with van der Waals surface area (Å²) >= 11 is 1.49.